The Labute approximate surface area is 149 Å². The highest BCUT2D eigenvalue weighted by Crippen LogP contribution is 2.60. The number of hydrogen-bond donors (Lipinski definition) is 2. The molecular formula is C19H23F3O4. The fourth-order valence-corrected chi connectivity index (χ4v) is 5.32. The van der Waals surface area contributed by atoms with Gasteiger partial charge in [0.15, 0.2) is 18.1 Å². The number of alkyl halides is 3. The molecule has 26 heavy (non-hydrogen) atoms. The van der Waals surface area contributed by atoms with Crippen molar-refractivity contribution < 1.29 is 32.9 Å². The van der Waals surface area contributed by atoms with Crippen LogP contribution in [0.5, 0.6) is 17.2 Å². The Kier molecular flexibility index (Phi) is 4.06. The highest BCUT2D eigenvalue weighted by atomic mass is 19.4. The van der Waals surface area contributed by atoms with Crippen LogP contribution in [0.3, 0.4) is 0 Å². The van der Waals surface area contributed by atoms with Gasteiger partial charge in [0.05, 0.1) is 12.7 Å². The molecule has 0 aromatic heterocycles. The van der Waals surface area contributed by atoms with E-state index in [1.807, 2.05) is 0 Å². The van der Waals surface area contributed by atoms with Crippen LogP contribution in [0.4, 0.5) is 13.2 Å². The number of aliphatic hydroxyl groups excluding tert-OH is 1. The third-order valence-electron chi connectivity index (χ3n) is 6.70. The first-order chi connectivity index (χ1) is 12.2. The van der Waals surface area contributed by atoms with Crippen molar-refractivity contribution >= 4 is 0 Å². The molecule has 0 amide bonds. The van der Waals surface area contributed by atoms with E-state index in [0.29, 0.717) is 18.3 Å². The number of phenols is 1. The molecule has 1 aliphatic heterocycles. The Morgan fingerprint density at radius 3 is 2.77 bits per heavy atom. The Morgan fingerprint density at radius 1 is 1.27 bits per heavy atom. The zero-order valence-corrected chi connectivity index (χ0v) is 14.6. The van der Waals surface area contributed by atoms with Crippen LogP contribution in [0.15, 0.2) is 12.1 Å². The molecule has 5 atom stereocenters. The molecule has 2 aliphatic carbocycles. The molecule has 0 radical (unpaired) electrons. The van der Waals surface area contributed by atoms with Crippen molar-refractivity contribution in [3.8, 4) is 17.2 Å². The Balaban J connectivity index is 1.63. The van der Waals surface area contributed by atoms with E-state index in [-0.39, 0.29) is 34.9 Å². The van der Waals surface area contributed by atoms with Crippen LogP contribution >= 0.6 is 0 Å². The Hall–Kier alpha value is -1.63. The number of hydrogen-bond acceptors (Lipinski definition) is 4. The topological polar surface area (TPSA) is 58.9 Å². The van der Waals surface area contributed by atoms with Crippen molar-refractivity contribution in [2.24, 2.45) is 17.3 Å². The van der Waals surface area contributed by atoms with Gasteiger partial charge in [0.1, 0.15) is 5.75 Å². The summed E-state index contributed by atoms with van der Waals surface area (Å²) >= 11 is 0. The number of ether oxygens (including phenoxy) is 2. The van der Waals surface area contributed by atoms with Gasteiger partial charge in [-0.3, -0.25) is 0 Å². The second-order valence-electron chi connectivity index (χ2n) is 8.09. The molecule has 3 aliphatic rings. The maximum absolute atomic E-state index is 12.5. The first-order valence-electron chi connectivity index (χ1n) is 9.06. The minimum Gasteiger partial charge on any atom is -0.504 e. The lowest BCUT2D eigenvalue weighted by molar-refractivity contribution is -0.153. The van der Waals surface area contributed by atoms with Crippen molar-refractivity contribution in [2.75, 3.05) is 13.2 Å². The summed E-state index contributed by atoms with van der Waals surface area (Å²) in [4.78, 5) is 0. The first-order valence-corrected chi connectivity index (χ1v) is 9.06. The second-order valence-corrected chi connectivity index (χ2v) is 8.09. The van der Waals surface area contributed by atoms with Crippen molar-refractivity contribution in [3.05, 3.63) is 17.7 Å². The van der Waals surface area contributed by atoms with Gasteiger partial charge in [-0.25, -0.2) is 0 Å². The second kappa shape index (κ2) is 5.94. The fourth-order valence-electron chi connectivity index (χ4n) is 5.32. The molecule has 144 valence electrons. The molecule has 0 saturated heterocycles. The van der Waals surface area contributed by atoms with Crippen molar-refractivity contribution in [3.63, 3.8) is 0 Å². The lowest BCUT2D eigenvalue weighted by atomic mass is 9.58. The maximum atomic E-state index is 12.5. The van der Waals surface area contributed by atoms with E-state index in [2.05, 4.69) is 6.92 Å². The zero-order valence-electron chi connectivity index (χ0n) is 14.6. The summed E-state index contributed by atoms with van der Waals surface area (Å²) in [5.41, 5.74) is 0.689. The van der Waals surface area contributed by atoms with Crippen molar-refractivity contribution in [1.29, 1.82) is 0 Å². The molecule has 2 saturated carbocycles. The van der Waals surface area contributed by atoms with Crippen LogP contribution in [-0.2, 0) is 0 Å². The largest absolute Gasteiger partial charge is 0.504 e. The smallest absolute Gasteiger partial charge is 0.422 e. The molecule has 1 aromatic carbocycles. The number of benzene rings is 1. The van der Waals surface area contributed by atoms with Gasteiger partial charge in [-0.2, -0.15) is 13.2 Å². The molecule has 0 unspecified atom stereocenters. The summed E-state index contributed by atoms with van der Waals surface area (Å²) in [5, 5.41) is 20.4. The quantitative estimate of drug-likeness (QED) is 0.824. The first kappa shape index (κ1) is 17.8. The number of aromatic hydroxyl groups is 1. The SMILES string of the molecule is C[C@]12CC[C@@H]3c4cc(OCC(F)(F)F)c(O)cc4OC[C@H]3[C@@H]1CC[C@@H]2O. The highest BCUT2D eigenvalue weighted by molar-refractivity contribution is 5.52. The predicted octanol–water partition coefficient (Wildman–Crippen LogP) is 4.00. The summed E-state index contributed by atoms with van der Waals surface area (Å²) in [7, 11) is 0. The molecule has 1 heterocycles. The van der Waals surface area contributed by atoms with E-state index in [0.717, 1.165) is 31.2 Å². The average Bonchev–Trinajstić information content (AvgIpc) is 2.87. The number of aliphatic hydroxyl groups is 1. The van der Waals surface area contributed by atoms with E-state index in [9.17, 15) is 23.4 Å². The Morgan fingerprint density at radius 2 is 2.04 bits per heavy atom. The monoisotopic (exact) mass is 372 g/mol. The third-order valence-corrected chi connectivity index (χ3v) is 6.70. The van der Waals surface area contributed by atoms with Gasteiger partial charge in [-0.05, 0) is 49.0 Å². The summed E-state index contributed by atoms with van der Waals surface area (Å²) in [6.45, 7) is 1.20. The van der Waals surface area contributed by atoms with Gasteiger partial charge >= 0.3 is 6.18 Å². The van der Waals surface area contributed by atoms with E-state index < -0.39 is 12.8 Å². The predicted molar refractivity (Wildman–Crippen MR) is 87.5 cm³/mol. The van der Waals surface area contributed by atoms with E-state index >= 15 is 0 Å². The minimum atomic E-state index is -4.46. The number of fused-ring (bicyclic) bond motifs is 5. The standard InChI is InChI=1S/C19H23F3O4/c1-18-5-4-10-11-6-16(26-9-19(20,21)22)14(23)7-15(11)25-8-12(10)13(18)2-3-17(18)24/h6-7,10,12-13,17,23-24H,2-5,8-9H2,1H3/t10-,12-,13+,17+,18+/m1/s1. The molecule has 2 N–H and O–H groups in total. The van der Waals surface area contributed by atoms with Crippen LogP contribution in [0.25, 0.3) is 0 Å². The summed E-state index contributed by atoms with van der Waals surface area (Å²) in [5.74, 6) is 0.714. The average molecular weight is 372 g/mol. The van der Waals surface area contributed by atoms with Crippen LogP contribution in [0.1, 0.15) is 44.1 Å². The highest BCUT2D eigenvalue weighted by Gasteiger charge is 2.55. The van der Waals surface area contributed by atoms with Crippen LogP contribution < -0.4 is 9.47 Å². The van der Waals surface area contributed by atoms with Gasteiger partial charge < -0.3 is 19.7 Å². The van der Waals surface area contributed by atoms with Crippen LogP contribution in [0.2, 0.25) is 0 Å². The molecule has 0 bridgehead atoms. The lowest BCUT2D eigenvalue weighted by Gasteiger charge is -2.49. The molecule has 0 spiro atoms. The lowest BCUT2D eigenvalue weighted by Crippen LogP contribution is -2.45. The maximum Gasteiger partial charge on any atom is 0.422 e. The van der Waals surface area contributed by atoms with Crippen molar-refractivity contribution in [1.82, 2.24) is 0 Å². The number of halogens is 3. The minimum absolute atomic E-state index is 0.117. The zero-order chi connectivity index (χ0) is 18.7. The molecule has 1 aromatic rings. The molecular weight excluding hydrogens is 349 g/mol. The van der Waals surface area contributed by atoms with Gasteiger partial charge in [-0.1, -0.05) is 6.92 Å². The van der Waals surface area contributed by atoms with Gasteiger partial charge in [-0.15, -0.1) is 0 Å². The fraction of sp³-hybridized carbons (Fsp3) is 0.684. The molecule has 2 fully saturated rings. The third kappa shape index (κ3) is 2.80. The molecule has 4 nitrogen and oxygen atoms in total. The summed E-state index contributed by atoms with van der Waals surface area (Å²) in [6, 6.07) is 2.86. The van der Waals surface area contributed by atoms with E-state index in [1.54, 1.807) is 0 Å². The van der Waals surface area contributed by atoms with Gasteiger partial charge in [0, 0.05) is 17.5 Å². The van der Waals surface area contributed by atoms with Crippen molar-refractivity contribution in [2.45, 2.75) is 50.8 Å². The van der Waals surface area contributed by atoms with E-state index in [1.165, 1.54) is 12.1 Å². The molecule has 4 rings (SSSR count). The van der Waals surface area contributed by atoms with Crippen LogP contribution in [-0.4, -0.2) is 35.7 Å². The van der Waals surface area contributed by atoms with Gasteiger partial charge in [0.2, 0.25) is 0 Å². The molecule has 7 heteroatoms. The van der Waals surface area contributed by atoms with Gasteiger partial charge in [0.25, 0.3) is 0 Å². The van der Waals surface area contributed by atoms with E-state index in [4.69, 9.17) is 9.47 Å². The normalized spacial score (nSPS) is 35.9. The summed E-state index contributed by atoms with van der Waals surface area (Å²) < 4.78 is 48.0. The number of phenolic OH excluding ortho intramolecular Hbond substituents is 1. The summed E-state index contributed by atoms with van der Waals surface area (Å²) in [6.07, 6.45) is -1.33. The number of rotatable bonds is 2. The van der Waals surface area contributed by atoms with Crippen LogP contribution in [0, 0.1) is 17.3 Å². The Bertz CT molecular complexity index is 705.